The van der Waals surface area contributed by atoms with E-state index in [0.29, 0.717) is 12.5 Å². The molecule has 0 aromatic carbocycles. The zero-order valence-corrected chi connectivity index (χ0v) is 9.45. The fourth-order valence-corrected chi connectivity index (χ4v) is 2.56. The fourth-order valence-electron chi connectivity index (χ4n) is 2.56. The summed E-state index contributed by atoms with van der Waals surface area (Å²) in [5.41, 5.74) is 0. The van der Waals surface area contributed by atoms with E-state index in [-0.39, 0.29) is 23.8 Å². The first kappa shape index (κ1) is 10.1. The molecule has 2 saturated carbocycles. The number of carbonyl (C=O) groups excluding carboxylic acids is 2. The molecule has 0 spiro atoms. The Labute approximate surface area is 95.4 Å². The second-order valence-electron chi connectivity index (χ2n) is 5.31. The number of rotatable bonds is 3. The Hall–Kier alpha value is -1.06. The van der Waals surface area contributed by atoms with Gasteiger partial charge in [-0.05, 0) is 25.7 Å². The first-order valence-electron chi connectivity index (χ1n) is 6.34. The van der Waals surface area contributed by atoms with Gasteiger partial charge in [0.1, 0.15) is 0 Å². The fraction of sp³-hybridized carbons (Fsp3) is 0.833. The monoisotopic (exact) mass is 222 g/mol. The van der Waals surface area contributed by atoms with E-state index in [1.807, 2.05) is 4.90 Å². The number of nitrogens with zero attached hydrogens (tertiary/aromatic N) is 1. The summed E-state index contributed by atoms with van der Waals surface area (Å²) < 4.78 is 0. The molecule has 0 unspecified atom stereocenters. The first-order valence-corrected chi connectivity index (χ1v) is 6.34. The van der Waals surface area contributed by atoms with Crippen molar-refractivity contribution in [2.24, 2.45) is 5.92 Å². The van der Waals surface area contributed by atoms with Crippen LogP contribution in [0.2, 0.25) is 0 Å². The Bertz CT molecular complexity index is 321. The molecule has 0 bridgehead atoms. The summed E-state index contributed by atoms with van der Waals surface area (Å²) in [7, 11) is 0. The van der Waals surface area contributed by atoms with Gasteiger partial charge in [-0.2, -0.15) is 0 Å². The van der Waals surface area contributed by atoms with Gasteiger partial charge in [0.2, 0.25) is 11.8 Å². The van der Waals surface area contributed by atoms with Gasteiger partial charge < -0.3 is 10.2 Å². The molecule has 1 heterocycles. The highest BCUT2D eigenvalue weighted by molar-refractivity contribution is 5.83. The maximum absolute atomic E-state index is 11.7. The summed E-state index contributed by atoms with van der Waals surface area (Å²) in [5, 5.41) is 3.02. The molecule has 88 valence electrons. The quantitative estimate of drug-likeness (QED) is 0.763. The lowest BCUT2D eigenvalue weighted by molar-refractivity contribution is -0.128. The average Bonchev–Trinajstić information content (AvgIpc) is 2.89. The third kappa shape index (κ3) is 1.81. The van der Waals surface area contributed by atoms with E-state index < -0.39 is 0 Å². The van der Waals surface area contributed by atoms with Gasteiger partial charge in [-0.1, -0.05) is 6.42 Å². The van der Waals surface area contributed by atoms with Crippen molar-refractivity contribution in [2.45, 2.75) is 50.6 Å². The smallest absolute Gasteiger partial charge is 0.225 e. The van der Waals surface area contributed by atoms with Crippen molar-refractivity contribution in [3.05, 3.63) is 0 Å². The topological polar surface area (TPSA) is 49.4 Å². The Morgan fingerprint density at radius 2 is 2.00 bits per heavy atom. The Morgan fingerprint density at radius 3 is 2.56 bits per heavy atom. The summed E-state index contributed by atoms with van der Waals surface area (Å²) >= 11 is 0. The molecular weight excluding hydrogens is 204 g/mol. The van der Waals surface area contributed by atoms with Crippen LogP contribution in [0.3, 0.4) is 0 Å². The molecule has 0 aromatic heterocycles. The normalized spacial score (nSPS) is 30.4. The van der Waals surface area contributed by atoms with E-state index >= 15 is 0 Å². The van der Waals surface area contributed by atoms with E-state index in [9.17, 15) is 9.59 Å². The van der Waals surface area contributed by atoms with Crippen molar-refractivity contribution < 1.29 is 9.59 Å². The van der Waals surface area contributed by atoms with E-state index in [2.05, 4.69) is 5.32 Å². The first-order chi connectivity index (χ1) is 7.74. The van der Waals surface area contributed by atoms with Crippen molar-refractivity contribution in [2.75, 3.05) is 6.54 Å². The maximum atomic E-state index is 11.7. The molecule has 4 heteroatoms. The van der Waals surface area contributed by atoms with Crippen molar-refractivity contribution >= 4 is 11.8 Å². The largest absolute Gasteiger partial charge is 0.351 e. The van der Waals surface area contributed by atoms with Crippen LogP contribution >= 0.6 is 0 Å². The summed E-state index contributed by atoms with van der Waals surface area (Å²) in [6.45, 7) is 0.738. The molecule has 0 radical (unpaired) electrons. The number of likely N-dealkylation sites (tertiary alicyclic amines) is 1. The molecule has 1 atom stereocenters. The summed E-state index contributed by atoms with van der Waals surface area (Å²) in [5.74, 6) is 0.619. The lowest BCUT2D eigenvalue weighted by Crippen LogP contribution is -2.42. The van der Waals surface area contributed by atoms with Crippen LogP contribution in [0.1, 0.15) is 38.5 Å². The van der Waals surface area contributed by atoms with Crippen LogP contribution in [0.4, 0.5) is 0 Å². The van der Waals surface area contributed by atoms with E-state index in [0.717, 1.165) is 32.2 Å². The average molecular weight is 222 g/mol. The highest BCUT2D eigenvalue weighted by Gasteiger charge is 2.40. The lowest BCUT2D eigenvalue weighted by atomic mass is 9.84. The zero-order chi connectivity index (χ0) is 11.1. The van der Waals surface area contributed by atoms with Gasteiger partial charge in [0.15, 0.2) is 0 Å². The number of hydrogen-bond acceptors (Lipinski definition) is 2. The van der Waals surface area contributed by atoms with Gasteiger partial charge in [-0.25, -0.2) is 0 Å². The summed E-state index contributed by atoms with van der Waals surface area (Å²) in [6.07, 6.45) is 6.03. The molecule has 1 saturated heterocycles. The molecular formula is C12H18N2O2. The van der Waals surface area contributed by atoms with Crippen molar-refractivity contribution in [1.82, 2.24) is 10.2 Å². The molecule has 0 aromatic rings. The number of carbonyl (C=O) groups is 2. The van der Waals surface area contributed by atoms with Gasteiger partial charge in [-0.15, -0.1) is 0 Å². The second kappa shape index (κ2) is 3.75. The van der Waals surface area contributed by atoms with Crippen molar-refractivity contribution in [3.8, 4) is 0 Å². The Kier molecular flexibility index (Phi) is 2.37. The zero-order valence-electron chi connectivity index (χ0n) is 9.45. The van der Waals surface area contributed by atoms with Crippen LogP contribution in [-0.4, -0.2) is 35.3 Å². The van der Waals surface area contributed by atoms with Gasteiger partial charge in [0, 0.05) is 24.9 Å². The van der Waals surface area contributed by atoms with Crippen LogP contribution < -0.4 is 5.32 Å². The molecule has 2 amide bonds. The van der Waals surface area contributed by atoms with Crippen LogP contribution in [0.15, 0.2) is 0 Å². The molecule has 3 aliphatic rings. The molecule has 3 fully saturated rings. The van der Waals surface area contributed by atoms with E-state index in [1.54, 1.807) is 0 Å². The molecule has 1 N–H and O–H groups in total. The minimum Gasteiger partial charge on any atom is -0.351 e. The molecule has 1 aliphatic heterocycles. The van der Waals surface area contributed by atoms with E-state index in [4.69, 9.17) is 0 Å². The predicted octanol–water partition coefficient (Wildman–Crippen LogP) is 0.666. The third-order valence-electron chi connectivity index (χ3n) is 3.97. The number of amides is 2. The molecule has 4 nitrogen and oxygen atoms in total. The molecule has 16 heavy (non-hydrogen) atoms. The van der Waals surface area contributed by atoms with Crippen LogP contribution in [0.5, 0.6) is 0 Å². The van der Waals surface area contributed by atoms with Gasteiger partial charge in [0.25, 0.3) is 0 Å². The van der Waals surface area contributed by atoms with Crippen molar-refractivity contribution in [1.29, 1.82) is 0 Å². The van der Waals surface area contributed by atoms with Crippen LogP contribution in [0, 0.1) is 5.92 Å². The maximum Gasteiger partial charge on any atom is 0.225 e. The number of hydrogen-bond donors (Lipinski definition) is 1. The summed E-state index contributed by atoms with van der Waals surface area (Å²) in [6, 6.07) is 0.555. The van der Waals surface area contributed by atoms with Crippen LogP contribution in [0.25, 0.3) is 0 Å². The Balaban J connectivity index is 1.52. The lowest BCUT2D eigenvalue weighted by Gasteiger charge is -2.26. The predicted molar refractivity (Wildman–Crippen MR) is 58.6 cm³/mol. The van der Waals surface area contributed by atoms with Gasteiger partial charge in [0.05, 0.1) is 6.04 Å². The number of nitrogens with one attached hydrogen (secondary N) is 1. The third-order valence-corrected chi connectivity index (χ3v) is 3.97. The standard InChI is InChI=1S/C12H18N2O2/c15-11-6-9(7-14(11)10-4-5-10)13-12(16)8-2-1-3-8/h8-10H,1-7H2,(H,13,16)/t9-/m0/s1. The Morgan fingerprint density at radius 1 is 1.25 bits per heavy atom. The minimum atomic E-state index is 0.0706. The molecule has 2 aliphatic carbocycles. The van der Waals surface area contributed by atoms with Crippen molar-refractivity contribution in [3.63, 3.8) is 0 Å². The molecule has 3 rings (SSSR count). The highest BCUT2D eigenvalue weighted by atomic mass is 16.2. The van der Waals surface area contributed by atoms with E-state index in [1.165, 1.54) is 6.42 Å². The van der Waals surface area contributed by atoms with Gasteiger partial charge in [-0.3, -0.25) is 9.59 Å². The SMILES string of the molecule is O=C(N[C@H]1CC(=O)N(C2CC2)C1)C1CCC1. The second-order valence-corrected chi connectivity index (χ2v) is 5.31. The minimum absolute atomic E-state index is 0.0706. The summed E-state index contributed by atoms with van der Waals surface area (Å²) in [4.78, 5) is 25.4. The highest BCUT2D eigenvalue weighted by Crippen LogP contribution is 2.31. The van der Waals surface area contributed by atoms with Gasteiger partial charge >= 0.3 is 0 Å². The van der Waals surface area contributed by atoms with Crippen LogP contribution in [-0.2, 0) is 9.59 Å².